The number of nitrogens with zero attached hydrogens (tertiary/aromatic N) is 6. The van der Waals surface area contributed by atoms with Crippen LogP contribution in [0.2, 0.25) is 0 Å². The molecule has 1 aliphatic rings. The van der Waals surface area contributed by atoms with Crippen molar-refractivity contribution in [1.29, 1.82) is 0 Å². The van der Waals surface area contributed by atoms with Crippen LogP contribution in [0.4, 0.5) is 38.0 Å². The average molecular weight is 499 g/mol. The maximum atomic E-state index is 14.1. The molecule has 2 aromatic carbocycles. The van der Waals surface area contributed by atoms with Crippen LogP contribution in [-0.4, -0.2) is 36.6 Å². The number of hydrogen-bond acceptors (Lipinski definition) is 6. The van der Waals surface area contributed by atoms with Crippen LogP contribution in [0.1, 0.15) is 11.1 Å². The van der Waals surface area contributed by atoms with E-state index in [-0.39, 0.29) is 30.1 Å². The SMILES string of the molecule is C=CC(=O)Nc1cccc(N2C(=O)N(Cc3ccccc3)Cc3cnc(Nc4cn(C)nc4F)nc32)c1. The standard InChI is InChI=1S/C26H23FN8O2/c1-3-22(36)29-19-10-7-11-20(12-19)35-24-18(15-34(26(35)37)14-17-8-5-4-6-9-17)13-28-25(31-24)30-21-16-33(2)32-23(21)27/h3-13,16H,1,14-15H2,2H3,(H,29,36)(H,28,30,31). The van der Waals surface area contributed by atoms with E-state index in [1.54, 1.807) is 42.4 Å². The highest BCUT2D eigenvalue weighted by Gasteiger charge is 2.33. The third-order valence-corrected chi connectivity index (χ3v) is 5.68. The number of halogens is 1. The first-order valence-electron chi connectivity index (χ1n) is 11.4. The van der Waals surface area contributed by atoms with Gasteiger partial charge in [0.15, 0.2) is 5.82 Å². The summed E-state index contributed by atoms with van der Waals surface area (Å²) in [6.45, 7) is 4.14. The van der Waals surface area contributed by atoms with Crippen molar-refractivity contribution < 1.29 is 14.0 Å². The smallest absolute Gasteiger partial charge is 0.322 e. The number of amides is 3. The van der Waals surface area contributed by atoms with Gasteiger partial charge in [0, 0.05) is 31.0 Å². The van der Waals surface area contributed by atoms with Gasteiger partial charge in [-0.25, -0.2) is 14.7 Å². The van der Waals surface area contributed by atoms with Crippen molar-refractivity contribution >= 4 is 40.8 Å². The van der Waals surface area contributed by atoms with Gasteiger partial charge in [-0.05, 0) is 29.8 Å². The topological polar surface area (TPSA) is 108 Å². The summed E-state index contributed by atoms with van der Waals surface area (Å²) in [5.41, 5.74) is 2.76. The number of rotatable bonds is 7. The Morgan fingerprint density at radius 3 is 2.73 bits per heavy atom. The summed E-state index contributed by atoms with van der Waals surface area (Å²) in [5, 5.41) is 9.21. The second kappa shape index (κ2) is 9.90. The predicted octanol–water partition coefficient (Wildman–Crippen LogP) is 4.49. The molecular formula is C26H23FN8O2. The Bertz CT molecular complexity index is 1490. The quantitative estimate of drug-likeness (QED) is 0.364. The van der Waals surface area contributed by atoms with E-state index in [0.29, 0.717) is 29.3 Å². The number of benzene rings is 2. The number of fused-ring (bicyclic) bond motifs is 1. The highest BCUT2D eigenvalue weighted by Crippen LogP contribution is 2.36. The molecule has 2 N–H and O–H groups in total. The van der Waals surface area contributed by atoms with Crippen molar-refractivity contribution in [3.8, 4) is 0 Å². The van der Waals surface area contributed by atoms with E-state index < -0.39 is 5.95 Å². The van der Waals surface area contributed by atoms with Gasteiger partial charge in [0.25, 0.3) is 5.95 Å². The fourth-order valence-corrected chi connectivity index (χ4v) is 4.01. The molecule has 1 aliphatic heterocycles. The largest absolute Gasteiger partial charge is 0.330 e. The molecule has 5 rings (SSSR count). The molecule has 186 valence electrons. The van der Waals surface area contributed by atoms with Crippen LogP contribution >= 0.6 is 0 Å². The first kappa shape index (κ1) is 23.7. The number of aryl methyl sites for hydroxylation is 1. The summed E-state index contributed by atoms with van der Waals surface area (Å²) in [7, 11) is 1.60. The zero-order valence-electron chi connectivity index (χ0n) is 19.9. The van der Waals surface area contributed by atoms with E-state index in [2.05, 4.69) is 32.3 Å². The molecule has 3 amide bonds. The van der Waals surface area contributed by atoms with Crippen LogP contribution in [0, 0.1) is 5.95 Å². The lowest BCUT2D eigenvalue weighted by molar-refractivity contribution is -0.111. The minimum absolute atomic E-state index is 0.107. The Morgan fingerprint density at radius 1 is 1.19 bits per heavy atom. The van der Waals surface area contributed by atoms with Crippen LogP contribution < -0.4 is 15.5 Å². The number of carbonyl (C=O) groups is 2. The molecule has 2 aromatic heterocycles. The Kier molecular flexibility index (Phi) is 6.33. The number of urea groups is 1. The highest BCUT2D eigenvalue weighted by molar-refractivity contribution is 6.03. The molecule has 0 fully saturated rings. The van der Waals surface area contributed by atoms with E-state index >= 15 is 0 Å². The lowest BCUT2D eigenvalue weighted by Crippen LogP contribution is -2.45. The van der Waals surface area contributed by atoms with E-state index in [4.69, 9.17) is 0 Å². The van der Waals surface area contributed by atoms with E-state index in [0.717, 1.165) is 5.56 Å². The summed E-state index contributed by atoms with van der Waals surface area (Å²) in [4.78, 5) is 37.7. The summed E-state index contributed by atoms with van der Waals surface area (Å²) in [6.07, 6.45) is 4.24. The molecule has 0 unspecified atom stereocenters. The zero-order valence-corrected chi connectivity index (χ0v) is 19.9. The molecule has 4 aromatic rings. The van der Waals surface area contributed by atoms with Gasteiger partial charge in [0.2, 0.25) is 11.9 Å². The van der Waals surface area contributed by atoms with E-state index in [1.807, 2.05) is 30.3 Å². The number of carbonyl (C=O) groups excluding carboxylic acids is 2. The fraction of sp³-hybridized carbons (Fsp3) is 0.115. The fourth-order valence-electron chi connectivity index (χ4n) is 4.01. The van der Waals surface area contributed by atoms with Crippen molar-refractivity contribution in [3.63, 3.8) is 0 Å². The Balaban J connectivity index is 1.55. The Hall–Kier alpha value is -5.06. The average Bonchev–Trinajstić information content (AvgIpc) is 3.21. The van der Waals surface area contributed by atoms with Crippen molar-refractivity contribution in [2.24, 2.45) is 7.05 Å². The number of anilines is 5. The Labute approximate surface area is 212 Å². The zero-order chi connectivity index (χ0) is 25.9. The second-order valence-corrected chi connectivity index (χ2v) is 8.38. The molecule has 0 spiro atoms. The van der Waals surface area contributed by atoms with Gasteiger partial charge in [-0.3, -0.25) is 9.48 Å². The minimum atomic E-state index is -0.698. The lowest BCUT2D eigenvalue weighted by Gasteiger charge is -2.36. The highest BCUT2D eigenvalue weighted by atomic mass is 19.1. The summed E-state index contributed by atoms with van der Waals surface area (Å²) in [6, 6.07) is 16.2. The molecule has 0 bridgehead atoms. The van der Waals surface area contributed by atoms with Crippen molar-refractivity contribution in [3.05, 3.63) is 96.7 Å². The van der Waals surface area contributed by atoms with Gasteiger partial charge < -0.3 is 15.5 Å². The third-order valence-electron chi connectivity index (χ3n) is 5.68. The molecule has 0 radical (unpaired) electrons. The van der Waals surface area contributed by atoms with Crippen LogP contribution in [0.25, 0.3) is 0 Å². The lowest BCUT2D eigenvalue weighted by atomic mass is 10.1. The van der Waals surface area contributed by atoms with Gasteiger partial charge >= 0.3 is 6.03 Å². The molecule has 37 heavy (non-hydrogen) atoms. The first-order valence-corrected chi connectivity index (χ1v) is 11.4. The third kappa shape index (κ3) is 5.01. The summed E-state index contributed by atoms with van der Waals surface area (Å²) < 4.78 is 15.4. The summed E-state index contributed by atoms with van der Waals surface area (Å²) >= 11 is 0. The maximum absolute atomic E-state index is 14.1. The van der Waals surface area contributed by atoms with Gasteiger partial charge in [-0.1, -0.05) is 43.0 Å². The molecule has 0 atom stereocenters. The minimum Gasteiger partial charge on any atom is -0.322 e. The van der Waals surface area contributed by atoms with E-state index in [9.17, 15) is 14.0 Å². The van der Waals surface area contributed by atoms with Gasteiger partial charge in [0.1, 0.15) is 5.69 Å². The van der Waals surface area contributed by atoms with Gasteiger partial charge in [-0.15, -0.1) is 5.10 Å². The molecule has 3 heterocycles. The van der Waals surface area contributed by atoms with Crippen molar-refractivity contribution in [1.82, 2.24) is 24.6 Å². The van der Waals surface area contributed by atoms with Crippen LogP contribution in [-0.2, 0) is 24.9 Å². The number of aromatic nitrogens is 4. The van der Waals surface area contributed by atoms with Crippen LogP contribution in [0.15, 0.2) is 79.6 Å². The van der Waals surface area contributed by atoms with Crippen LogP contribution in [0.5, 0.6) is 0 Å². The molecule has 0 saturated heterocycles. The summed E-state index contributed by atoms with van der Waals surface area (Å²) in [5.74, 6) is -0.614. The Morgan fingerprint density at radius 2 is 2.00 bits per heavy atom. The van der Waals surface area contributed by atoms with E-state index in [1.165, 1.54) is 21.9 Å². The number of nitrogens with one attached hydrogen (secondary N) is 2. The first-order chi connectivity index (χ1) is 17.9. The molecule has 10 nitrogen and oxygen atoms in total. The van der Waals surface area contributed by atoms with Crippen LogP contribution in [0.3, 0.4) is 0 Å². The monoisotopic (exact) mass is 498 g/mol. The van der Waals surface area contributed by atoms with Crippen molar-refractivity contribution in [2.45, 2.75) is 13.1 Å². The second-order valence-electron chi connectivity index (χ2n) is 8.38. The number of hydrogen-bond donors (Lipinski definition) is 2. The molecule has 0 saturated carbocycles. The van der Waals surface area contributed by atoms with Gasteiger partial charge in [-0.2, -0.15) is 9.37 Å². The molecular weight excluding hydrogens is 475 g/mol. The molecule has 11 heteroatoms. The van der Waals surface area contributed by atoms with Crippen molar-refractivity contribution in [2.75, 3.05) is 15.5 Å². The predicted molar refractivity (Wildman–Crippen MR) is 137 cm³/mol. The maximum Gasteiger partial charge on any atom is 0.330 e. The van der Waals surface area contributed by atoms with Gasteiger partial charge in [0.05, 0.1) is 18.4 Å². The normalized spacial score (nSPS) is 12.8. The molecule has 0 aliphatic carbocycles.